The van der Waals surface area contributed by atoms with E-state index in [1.54, 1.807) is 13.3 Å². The molecule has 1 heterocycles. The zero-order valence-electron chi connectivity index (χ0n) is 15.6. The Morgan fingerprint density at radius 1 is 1.12 bits per heavy atom. The van der Waals surface area contributed by atoms with Crippen molar-refractivity contribution in [3.8, 4) is 0 Å². The van der Waals surface area contributed by atoms with Crippen molar-refractivity contribution in [1.29, 1.82) is 0 Å². The van der Waals surface area contributed by atoms with Gasteiger partial charge in [-0.15, -0.1) is 0 Å². The SMILES string of the molecule is CCNC(=NCc1ccccc1Cn1cccn1)NCCOCCOC. The lowest BCUT2D eigenvalue weighted by Crippen LogP contribution is -2.39. The predicted octanol–water partition coefficient (Wildman–Crippen LogP) is 1.65. The van der Waals surface area contributed by atoms with Crippen LogP contribution >= 0.6 is 0 Å². The minimum Gasteiger partial charge on any atom is -0.382 e. The van der Waals surface area contributed by atoms with Crippen molar-refractivity contribution in [3.63, 3.8) is 0 Å². The number of nitrogens with zero attached hydrogens (tertiary/aromatic N) is 3. The van der Waals surface area contributed by atoms with Gasteiger partial charge in [0, 0.05) is 32.6 Å². The summed E-state index contributed by atoms with van der Waals surface area (Å²) in [6, 6.07) is 10.3. The minimum absolute atomic E-state index is 0.604. The lowest BCUT2D eigenvalue weighted by atomic mass is 10.1. The van der Waals surface area contributed by atoms with E-state index in [1.807, 2.05) is 29.1 Å². The lowest BCUT2D eigenvalue weighted by Gasteiger charge is -2.13. The maximum Gasteiger partial charge on any atom is 0.191 e. The van der Waals surface area contributed by atoms with E-state index in [2.05, 4.69) is 34.8 Å². The highest BCUT2D eigenvalue weighted by Gasteiger charge is 2.04. The number of guanidine groups is 1. The first kappa shape index (κ1) is 19.9. The van der Waals surface area contributed by atoms with Crippen molar-refractivity contribution >= 4 is 5.96 Å². The molecule has 0 aliphatic carbocycles. The highest BCUT2D eigenvalue weighted by atomic mass is 16.5. The van der Waals surface area contributed by atoms with Gasteiger partial charge in [-0.1, -0.05) is 24.3 Å². The quantitative estimate of drug-likeness (QED) is 0.363. The Bertz CT molecular complexity index is 643. The van der Waals surface area contributed by atoms with Gasteiger partial charge in [-0.25, -0.2) is 4.99 Å². The highest BCUT2D eigenvalue weighted by Crippen LogP contribution is 2.11. The van der Waals surface area contributed by atoms with Gasteiger partial charge >= 0.3 is 0 Å². The average molecular weight is 359 g/mol. The second-order valence-corrected chi connectivity index (χ2v) is 5.70. The minimum atomic E-state index is 0.604. The molecule has 142 valence electrons. The van der Waals surface area contributed by atoms with Crippen LogP contribution in [0.15, 0.2) is 47.7 Å². The predicted molar refractivity (Wildman–Crippen MR) is 103 cm³/mol. The van der Waals surface area contributed by atoms with Crippen LogP contribution in [-0.2, 0) is 22.6 Å². The van der Waals surface area contributed by atoms with Crippen LogP contribution in [0.2, 0.25) is 0 Å². The van der Waals surface area contributed by atoms with Gasteiger partial charge in [-0.3, -0.25) is 4.68 Å². The molecule has 0 atom stereocenters. The van der Waals surface area contributed by atoms with Gasteiger partial charge in [0.1, 0.15) is 0 Å². The van der Waals surface area contributed by atoms with Gasteiger partial charge in [0.2, 0.25) is 0 Å². The first-order valence-electron chi connectivity index (χ1n) is 8.96. The smallest absolute Gasteiger partial charge is 0.191 e. The Balaban J connectivity index is 1.89. The van der Waals surface area contributed by atoms with E-state index in [1.165, 1.54) is 11.1 Å². The van der Waals surface area contributed by atoms with E-state index in [0.717, 1.165) is 19.0 Å². The maximum atomic E-state index is 5.46. The molecule has 2 N–H and O–H groups in total. The molecule has 2 aromatic rings. The molecule has 0 amide bonds. The summed E-state index contributed by atoms with van der Waals surface area (Å²) in [7, 11) is 1.67. The van der Waals surface area contributed by atoms with Crippen molar-refractivity contribution in [3.05, 3.63) is 53.9 Å². The fourth-order valence-corrected chi connectivity index (χ4v) is 2.43. The monoisotopic (exact) mass is 359 g/mol. The molecule has 0 unspecified atom stereocenters. The standard InChI is InChI=1S/C19H29N5O2/c1-3-20-19(21-10-12-26-14-13-25-2)22-15-17-7-4-5-8-18(17)16-24-11-6-9-23-24/h4-9,11H,3,10,12-16H2,1-2H3,(H2,20,21,22). The largest absolute Gasteiger partial charge is 0.382 e. The molecule has 7 heteroatoms. The highest BCUT2D eigenvalue weighted by molar-refractivity contribution is 5.79. The van der Waals surface area contributed by atoms with Gasteiger partial charge in [0.05, 0.1) is 32.9 Å². The van der Waals surface area contributed by atoms with Crippen molar-refractivity contribution < 1.29 is 9.47 Å². The summed E-state index contributed by atoms with van der Waals surface area (Å²) in [6.45, 7) is 6.75. The number of ether oxygens (including phenoxy) is 2. The zero-order valence-corrected chi connectivity index (χ0v) is 15.6. The molecule has 0 saturated heterocycles. The summed E-state index contributed by atoms with van der Waals surface area (Å²) in [5, 5.41) is 10.8. The molecule has 7 nitrogen and oxygen atoms in total. The van der Waals surface area contributed by atoms with Crippen LogP contribution in [0.25, 0.3) is 0 Å². The molecule has 2 rings (SSSR count). The first-order valence-corrected chi connectivity index (χ1v) is 8.96. The molecule has 0 radical (unpaired) electrons. The molecule has 0 aliphatic heterocycles. The van der Waals surface area contributed by atoms with E-state index < -0.39 is 0 Å². The number of hydrogen-bond donors (Lipinski definition) is 2. The van der Waals surface area contributed by atoms with Crippen LogP contribution in [0.4, 0.5) is 0 Å². The normalized spacial score (nSPS) is 11.5. The molecule has 26 heavy (non-hydrogen) atoms. The molecule has 0 saturated carbocycles. The fourth-order valence-electron chi connectivity index (χ4n) is 2.43. The average Bonchev–Trinajstić information content (AvgIpc) is 3.16. The Labute approximate surface area is 155 Å². The van der Waals surface area contributed by atoms with Gasteiger partial charge in [-0.2, -0.15) is 5.10 Å². The number of nitrogens with one attached hydrogen (secondary N) is 2. The van der Waals surface area contributed by atoms with E-state index >= 15 is 0 Å². The number of aromatic nitrogens is 2. The molecular formula is C19H29N5O2. The Hall–Kier alpha value is -2.38. The van der Waals surface area contributed by atoms with Crippen molar-refractivity contribution in [2.75, 3.05) is 40.0 Å². The summed E-state index contributed by atoms with van der Waals surface area (Å²) < 4.78 is 12.3. The second kappa shape index (κ2) is 12.1. The summed E-state index contributed by atoms with van der Waals surface area (Å²) in [6.07, 6.45) is 3.76. The van der Waals surface area contributed by atoms with Crippen molar-refractivity contribution in [2.45, 2.75) is 20.0 Å². The van der Waals surface area contributed by atoms with Gasteiger partial charge in [0.25, 0.3) is 0 Å². The summed E-state index contributed by atoms with van der Waals surface area (Å²) in [5.74, 6) is 0.789. The first-order chi connectivity index (χ1) is 12.8. The van der Waals surface area contributed by atoms with Crippen molar-refractivity contribution in [1.82, 2.24) is 20.4 Å². The van der Waals surface area contributed by atoms with E-state index in [-0.39, 0.29) is 0 Å². The number of rotatable bonds is 11. The summed E-state index contributed by atoms with van der Waals surface area (Å²) in [4.78, 5) is 4.69. The summed E-state index contributed by atoms with van der Waals surface area (Å²) >= 11 is 0. The van der Waals surface area contributed by atoms with Crippen molar-refractivity contribution in [2.24, 2.45) is 4.99 Å². The van der Waals surface area contributed by atoms with Gasteiger partial charge in [-0.05, 0) is 24.1 Å². The number of hydrogen-bond acceptors (Lipinski definition) is 4. The molecule has 0 spiro atoms. The molecule has 0 fully saturated rings. The summed E-state index contributed by atoms with van der Waals surface area (Å²) in [5.41, 5.74) is 2.41. The Morgan fingerprint density at radius 3 is 2.69 bits per heavy atom. The van der Waals surface area contributed by atoms with Crippen LogP contribution in [-0.4, -0.2) is 55.8 Å². The Kier molecular flexibility index (Phi) is 9.24. The molecule has 0 bridgehead atoms. The second-order valence-electron chi connectivity index (χ2n) is 5.70. The van der Waals surface area contributed by atoms with Gasteiger partial charge < -0.3 is 20.1 Å². The number of methoxy groups -OCH3 is 1. The maximum absolute atomic E-state index is 5.46. The van der Waals surface area contributed by atoms with Crippen LogP contribution in [0.3, 0.4) is 0 Å². The molecule has 0 aliphatic rings. The molecule has 1 aromatic carbocycles. The molecular weight excluding hydrogens is 330 g/mol. The third-order valence-electron chi connectivity index (χ3n) is 3.73. The van der Waals surface area contributed by atoms with Crippen LogP contribution in [0.1, 0.15) is 18.1 Å². The third-order valence-corrected chi connectivity index (χ3v) is 3.73. The topological polar surface area (TPSA) is 72.7 Å². The van der Waals surface area contributed by atoms with E-state index in [4.69, 9.17) is 14.5 Å². The van der Waals surface area contributed by atoms with Crippen LogP contribution in [0.5, 0.6) is 0 Å². The fraction of sp³-hybridized carbons (Fsp3) is 0.474. The number of benzene rings is 1. The Morgan fingerprint density at radius 2 is 1.96 bits per heavy atom. The molecule has 1 aromatic heterocycles. The van der Waals surface area contributed by atoms with Gasteiger partial charge in [0.15, 0.2) is 5.96 Å². The van der Waals surface area contributed by atoms with Crippen LogP contribution in [0, 0.1) is 0 Å². The zero-order chi connectivity index (χ0) is 18.5. The van der Waals surface area contributed by atoms with E-state index in [0.29, 0.717) is 32.9 Å². The van der Waals surface area contributed by atoms with Crippen LogP contribution < -0.4 is 10.6 Å². The number of aliphatic imine (C=N–C) groups is 1. The lowest BCUT2D eigenvalue weighted by molar-refractivity contribution is 0.0733. The van der Waals surface area contributed by atoms with E-state index in [9.17, 15) is 0 Å². The third kappa shape index (κ3) is 7.25.